The van der Waals surface area contributed by atoms with Crippen LogP contribution in [0.3, 0.4) is 0 Å². The Hall–Kier alpha value is -3.14. The summed E-state index contributed by atoms with van der Waals surface area (Å²) in [6.45, 7) is 4.01. The number of hydroxylamine groups is 1. The zero-order valence-corrected chi connectivity index (χ0v) is 15.0. The van der Waals surface area contributed by atoms with Gasteiger partial charge in [-0.05, 0) is 32.8 Å². The highest BCUT2D eigenvalue weighted by Crippen LogP contribution is 2.40. The molecule has 10 nitrogen and oxygen atoms in total. The first kappa shape index (κ1) is 17.3. The topological polar surface area (TPSA) is 144 Å². The van der Waals surface area contributed by atoms with E-state index >= 15 is 0 Å². The summed E-state index contributed by atoms with van der Waals surface area (Å²) < 4.78 is 5.65. The first-order valence-corrected chi connectivity index (χ1v) is 8.61. The number of carbonyl (C=O) groups is 2. The van der Waals surface area contributed by atoms with Crippen molar-refractivity contribution in [2.75, 3.05) is 11.9 Å². The lowest BCUT2D eigenvalue weighted by molar-refractivity contribution is -0.118. The normalized spacial score (nSPS) is 20.1. The van der Waals surface area contributed by atoms with Crippen LogP contribution in [0.1, 0.15) is 35.9 Å². The van der Waals surface area contributed by atoms with Crippen molar-refractivity contribution in [1.82, 2.24) is 20.8 Å². The standard InChI is InChI=1S/C17H20N6O4/c1-8-11(15(25)19-6-9-5-10(13(18)24)27-23-9)12-14(22-17(2)3-4-17)20-7-21-16(12)26-8/h5,7,9,23H,3-4,6H2,1-2H3,(H2,18,24)(H,19,25)(H,20,21,22). The van der Waals surface area contributed by atoms with Gasteiger partial charge < -0.3 is 25.6 Å². The minimum absolute atomic E-state index is 0.0126. The number of amides is 2. The first-order valence-electron chi connectivity index (χ1n) is 8.61. The van der Waals surface area contributed by atoms with Crippen LogP contribution in [0.25, 0.3) is 11.1 Å². The molecule has 1 saturated carbocycles. The van der Waals surface area contributed by atoms with Crippen LogP contribution in [0.5, 0.6) is 0 Å². The van der Waals surface area contributed by atoms with Gasteiger partial charge in [-0.3, -0.25) is 9.59 Å². The zero-order chi connectivity index (χ0) is 19.2. The van der Waals surface area contributed by atoms with E-state index < -0.39 is 5.91 Å². The summed E-state index contributed by atoms with van der Waals surface area (Å²) in [7, 11) is 0. The quantitative estimate of drug-likeness (QED) is 0.574. The Labute approximate surface area is 154 Å². The Morgan fingerprint density at radius 3 is 2.85 bits per heavy atom. The highest BCUT2D eigenvalue weighted by atomic mass is 16.7. The maximum Gasteiger partial charge on any atom is 0.286 e. The van der Waals surface area contributed by atoms with Gasteiger partial charge in [-0.2, -0.15) is 0 Å². The van der Waals surface area contributed by atoms with Crippen LogP contribution in [-0.2, 0) is 9.63 Å². The van der Waals surface area contributed by atoms with Crippen molar-refractivity contribution in [3.8, 4) is 0 Å². The van der Waals surface area contributed by atoms with Gasteiger partial charge in [0.25, 0.3) is 11.8 Å². The predicted octanol–water partition coefficient (Wildman–Crippen LogP) is 0.498. The fourth-order valence-electron chi connectivity index (χ4n) is 2.92. The molecule has 4 rings (SSSR count). The second kappa shape index (κ2) is 6.23. The molecule has 10 heteroatoms. The number of furan rings is 1. The number of hydrogen-bond acceptors (Lipinski definition) is 8. The van der Waals surface area contributed by atoms with E-state index in [0.29, 0.717) is 28.2 Å². The molecule has 1 atom stereocenters. The third-order valence-corrected chi connectivity index (χ3v) is 4.71. The summed E-state index contributed by atoms with van der Waals surface area (Å²) in [4.78, 5) is 37.3. The second-order valence-electron chi connectivity index (χ2n) is 7.05. The molecule has 2 aromatic heterocycles. The molecule has 142 valence electrons. The van der Waals surface area contributed by atoms with E-state index in [0.717, 1.165) is 12.8 Å². The van der Waals surface area contributed by atoms with Crippen molar-refractivity contribution in [3.05, 3.63) is 29.5 Å². The van der Waals surface area contributed by atoms with E-state index in [9.17, 15) is 9.59 Å². The van der Waals surface area contributed by atoms with Crippen LogP contribution in [0.15, 0.2) is 22.6 Å². The third kappa shape index (κ3) is 3.31. The van der Waals surface area contributed by atoms with E-state index in [2.05, 4.69) is 33.0 Å². The lowest BCUT2D eigenvalue weighted by Gasteiger charge is -2.13. The largest absolute Gasteiger partial charge is 0.442 e. The summed E-state index contributed by atoms with van der Waals surface area (Å²) in [5.74, 6) is 0.0650. The molecule has 1 fully saturated rings. The summed E-state index contributed by atoms with van der Waals surface area (Å²) >= 11 is 0. The van der Waals surface area contributed by atoms with Crippen molar-refractivity contribution in [1.29, 1.82) is 0 Å². The number of nitrogens with zero attached hydrogens (tertiary/aromatic N) is 2. The average molecular weight is 372 g/mol. The number of primary amides is 1. The maximum atomic E-state index is 12.8. The Kier molecular flexibility index (Phi) is 3.99. The SMILES string of the molecule is Cc1oc2ncnc(NC3(C)CC3)c2c1C(=O)NCC1C=C(C(N)=O)ON1. The Balaban J connectivity index is 1.56. The lowest BCUT2D eigenvalue weighted by atomic mass is 10.1. The van der Waals surface area contributed by atoms with Gasteiger partial charge in [0.1, 0.15) is 17.9 Å². The number of fused-ring (bicyclic) bond motifs is 1. The first-order chi connectivity index (χ1) is 12.9. The summed E-state index contributed by atoms with van der Waals surface area (Å²) in [6, 6.07) is -0.367. The summed E-state index contributed by atoms with van der Waals surface area (Å²) in [5.41, 5.74) is 8.51. The van der Waals surface area contributed by atoms with Crippen molar-refractivity contribution >= 4 is 28.7 Å². The molecule has 1 aliphatic carbocycles. The van der Waals surface area contributed by atoms with Gasteiger partial charge >= 0.3 is 0 Å². The summed E-state index contributed by atoms with van der Waals surface area (Å²) in [5, 5.41) is 6.74. The molecular formula is C17H20N6O4. The number of rotatable bonds is 6. The number of hydrogen-bond donors (Lipinski definition) is 4. The molecule has 0 radical (unpaired) electrons. The smallest absolute Gasteiger partial charge is 0.286 e. The minimum atomic E-state index is -0.672. The van der Waals surface area contributed by atoms with Gasteiger partial charge in [0.2, 0.25) is 11.5 Å². The molecule has 2 amide bonds. The molecule has 3 heterocycles. The van der Waals surface area contributed by atoms with Crippen molar-refractivity contribution in [2.24, 2.45) is 5.73 Å². The monoisotopic (exact) mass is 372 g/mol. The van der Waals surface area contributed by atoms with E-state index in [-0.39, 0.29) is 29.8 Å². The Bertz CT molecular complexity index is 962. The van der Waals surface area contributed by atoms with Crippen LogP contribution >= 0.6 is 0 Å². The second-order valence-corrected chi connectivity index (χ2v) is 7.05. The number of nitrogens with two attached hydrogens (primary N) is 1. The molecule has 1 aliphatic heterocycles. The van der Waals surface area contributed by atoms with E-state index in [1.165, 1.54) is 12.4 Å². The van der Waals surface area contributed by atoms with Crippen molar-refractivity contribution in [3.63, 3.8) is 0 Å². The highest BCUT2D eigenvalue weighted by molar-refractivity contribution is 6.10. The van der Waals surface area contributed by atoms with Gasteiger partial charge in [0.15, 0.2) is 0 Å². The molecule has 0 aromatic carbocycles. The van der Waals surface area contributed by atoms with E-state index in [1.54, 1.807) is 6.92 Å². The van der Waals surface area contributed by atoms with Gasteiger partial charge in [-0.1, -0.05) is 0 Å². The van der Waals surface area contributed by atoms with Crippen LogP contribution in [-0.4, -0.2) is 39.9 Å². The molecule has 27 heavy (non-hydrogen) atoms. The van der Waals surface area contributed by atoms with Gasteiger partial charge in [-0.25, -0.2) is 9.97 Å². The molecule has 0 bridgehead atoms. The van der Waals surface area contributed by atoms with Crippen molar-refractivity contribution < 1.29 is 18.8 Å². The summed E-state index contributed by atoms with van der Waals surface area (Å²) in [6.07, 6.45) is 5.02. The molecule has 1 unspecified atom stereocenters. The highest BCUT2D eigenvalue weighted by Gasteiger charge is 2.38. The van der Waals surface area contributed by atoms with Gasteiger partial charge in [-0.15, -0.1) is 5.48 Å². The average Bonchev–Trinajstić information content (AvgIpc) is 3.05. The molecule has 5 N–H and O–H groups in total. The van der Waals surface area contributed by atoms with Crippen LogP contribution in [0, 0.1) is 6.92 Å². The molecule has 0 spiro atoms. The predicted molar refractivity (Wildman–Crippen MR) is 95.4 cm³/mol. The number of anilines is 1. The fourth-order valence-corrected chi connectivity index (χ4v) is 2.92. The molecule has 2 aromatic rings. The van der Waals surface area contributed by atoms with E-state index in [4.69, 9.17) is 15.0 Å². The van der Waals surface area contributed by atoms with E-state index in [1.807, 2.05) is 0 Å². The number of nitrogens with one attached hydrogen (secondary N) is 3. The van der Waals surface area contributed by atoms with Crippen LogP contribution in [0.2, 0.25) is 0 Å². The zero-order valence-electron chi connectivity index (χ0n) is 15.0. The fraction of sp³-hybridized carbons (Fsp3) is 0.412. The molecule has 0 saturated heterocycles. The van der Waals surface area contributed by atoms with Crippen LogP contribution in [0.4, 0.5) is 5.82 Å². The van der Waals surface area contributed by atoms with Crippen LogP contribution < -0.4 is 21.8 Å². The number of aryl methyl sites for hydroxylation is 1. The molecule has 2 aliphatic rings. The number of aromatic nitrogens is 2. The van der Waals surface area contributed by atoms with Gasteiger partial charge in [0.05, 0.1) is 17.0 Å². The molecular weight excluding hydrogens is 352 g/mol. The minimum Gasteiger partial charge on any atom is -0.442 e. The van der Waals surface area contributed by atoms with Crippen molar-refractivity contribution in [2.45, 2.75) is 38.3 Å². The third-order valence-electron chi connectivity index (χ3n) is 4.71. The Morgan fingerprint density at radius 1 is 1.41 bits per heavy atom. The maximum absolute atomic E-state index is 12.8. The number of carbonyl (C=O) groups excluding carboxylic acids is 2. The lowest BCUT2D eigenvalue weighted by Crippen LogP contribution is -2.37. The Morgan fingerprint density at radius 2 is 2.19 bits per heavy atom. The van der Waals surface area contributed by atoms with Gasteiger partial charge in [0, 0.05) is 12.1 Å².